The van der Waals surface area contributed by atoms with Gasteiger partial charge in [-0.25, -0.2) is 4.79 Å². The molecule has 12 nitrogen and oxygen atoms in total. The van der Waals surface area contributed by atoms with E-state index in [0.29, 0.717) is 17.8 Å². The molecule has 0 saturated carbocycles. The van der Waals surface area contributed by atoms with E-state index in [2.05, 4.69) is 31.2 Å². The van der Waals surface area contributed by atoms with Gasteiger partial charge < -0.3 is 26.0 Å². The molecule has 12 heteroatoms. The quantitative estimate of drug-likeness (QED) is 0.336. The van der Waals surface area contributed by atoms with Gasteiger partial charge in [0.25, 0.3) is 5.91 Å². The smallest absolute Gasteiger partial charge is 0.408 e. The van der Waals surface area contributed by atoms with E-state index in [1.54, 1.807) is 27.7 Å². The Balaban J connectivity index is 1.65. The number of carbonyl (C=O) groups is 5. The lowest BCUT2D eigenvalue weighted by Crippen LogP contribution is -2.59. The number of ether oxygens (including phenoxy) is 1. The molecule has 2 aromatic rings. The lowest BCUT2D eigenvalue weighted by molar-refractivity contribution is -0.140. The minimum Gasteiger partial charge on any atom is -0.445 e. The summed E-state index contributed by atoms with van der Waals surface area (Å²) in [5.74, 6) is -3.52. The van der Waals surface area contributed by atoms with Crippen LogP contribution in [0.4, 0.5) is 4.79 Å². The van der Waals surface area contributed by atoms with Gasteiger partial charge in [-0.1, -0.05) is 58.0 Å². The van der Waals surface area contributed by atoms with Gasteiger partial charge in [-0.05, 0) is 30.2 Å². The number of hydrogen-bond donors (Lipinski definition) is 4. The third-order valence-corrected chi connectivity index (χ3v) is 6.49. The summed E-state index contributed by atoms with van der Waals surface area (Å²) in [4.78, 5) is 72.6. The van der Waals surface area contributed by atoms with Gasteiger partial charge in [0.1, 0.15) is 18.7 Å². The van der Waals surface area contributed by atoms with Gasteiger partial charge in [0.05, 0.1) is 24.0 Å². The summed E-state index contributed by atoms with van der Waals surface area (Å²) in [6, 6.07) is 5.98. The van der Waals surface area contributed by atoms with E-state index >= 15 is 0 Å². The second-order valence-corrected chi connectivity index (χ2v) is 10.3. The lowest BCUT2D eigenvalue weighted by atomic mass is 9.98. The van der Waals surface area contributed by atoms with E-state index in [9.17, 15) is 24.0 Å². The first kappa shape index (κ1) is 30.2. The molecule has 0 radical (unpaired) electrons. The zero-order valence-electron chi connectivity index (χ0n) is 23.1. The SMILES string of the molecule is CC(C)C(NC(=O)OCc1ccccc1)C(=O)NC(C(=O)NC1CCc2nccnc2CNC(=O)C1=O)C(C)C. The van der Waals surface area contributed by atoms with E-state index in [-0.39, 0.29) is 31.4 Å². The summed E-state index contributed by atoms with van der Waals surface area (Å²) in [5.41, 5.74) is 1.97. The topological polar surface area (TPSA) is 168 Å². The number of hydrogen-bond acceptors (Lipinski definition) is 8. The number of ketones is 1. The Morgan fingerprint density at radius 1 is 0.925 bits per heavy atom. The highest BCUT2D eigenvalue weighted by atomic mass is 16.5. The van der Waals surface area contributed by atoms with Gasteiger partial charge in [0, 0.05) is 12.4 Å². The van der Waals surface area contributed by atoms with Crippen LogP contribution in [0.3, 0.4) is 0 Å². The van der Waals surface area contributed by atoms with Gasteiger partial charge in [-0.15, -0.1) is 0 Å². The van der Waals surface area contributed by atoms with Crippen molar-refractivity contribution in [3.8, 4) is 0 Å². The van der Waals surface area contributed by atoms with Crippen molar-refractivity contribution in [2.75, 3.05) is 0 Å². The van der Waals surface area contributed by atoms with Gasteiger partial charge >= 0.3 is 6.09 Å². The second kappa shape index (κ2) is 14.2. The Kier molecular flexibility index (Phi) is 10.7. The second-order valence-electron chi connectivity index (χ2n) is 10.3. The minimum absolute atomic E-state index is 0.0369. The predicted molar refractivity (Wildman–Crippen MR) is 144 cm³/mol. The molecule has 0 fully saturated rings. The summed E-state index contributed by atoms with van der Waals surface area (Å²) < 4.78 is 5.24. The minimum atomic E-state index is -1.12. The molecule has 2 heterocycles. The van der Waals surface area contributed by atoms with Gasteiger partial charge in [-0.2, -0.15) is 0 Å². The summed E-state index contributed by atoms with van der Waals surface area (Å²) in [6.07, 6.45) is 2.70. The number of carbonyl (C=O) groups excluding carboxylic acids is 5. The summed E-state index contributed by atoms with van der Waals surface area (Å²) in [6.45, 7) is 7.06. The van der Waals surface area contributed by atoms with Crippen LogP contribution in [0.1, 0.15) is 51.1 Å². The van der Waals surface area contributed by atoms with Crippen LogP contribution in [0.25, 0.3) is 0 Å². The fraction of sp³-hybridized carbons (Fsp3) is 0.464. The van der Waals surface area contributed by atoms with Crippen molar-refractivity contribution in [2.45, 2.75) is 71.8 Å². The van der Waals surface area contributed by atoms with Crippen molar-refractivity contribution in [3.05, 3.63) is 59.7 Å². The van der Waals surface area contributed by atoms with Crippen LogP contribution < -0.4 is 21.3 Å². The predicted octanol–water partition coefficient (Wildman–Crippen LogP) is 1.18. The number of nitrogens with zero attached hydrogens (tertiary/aromatic N) is 2. The normalized spacial score (nSPS) is 16.9. The standard InChI is InChI=1S/C28H36N6O6/c1-16(2)22(33-26(37)23(17(3)4)34-28(39)40-15-18-8-6-5-7-9-18)25(36)32-20-11-10-19-21(30-13-12-29-19)14-31-27(38)24(20)35/h5-9,12-13,16-17,20,22-23H,10-11,14-15H2,1-4H3,(H,31,38)(H,32,36)(H,33,37)(H,34,39). The van der Waals surface area contributed by atoms with Gasteiger partial charge in [0.15, 0.2) is 0 Å². The van der Waals surface area contributed by atoms with Gasteiger partial charge in [0.2, 0.25) is 17.6 Å². The molecule has 1 aliphatic heterocycles. The molecule has 1 aliphatic rings. The van der Waals surface area contributed by atoms with Crippen molar-refractivity contribution in [1.29, 1.82) is 0 Å². The molecule has 3 rings (SSSR count). The number of alkyl carbamates (subject to hydrolysis) is 1. The van der Waals surface area contributed by atoms with Crippen LogP contribution in [-0.4, -0.2) is 57.7 Å². The Morgan fingerprint density at radius 3 is 2.20 bits per heavy atom. The Bertz CT molecular complexity index is 1220. The molecule has 40 heavy (non-hydrogen) atoms. The summed E-state index contributed by atoms with van der Waals surface area (Å²) >= 11 is 0. The zero-order chi connectivity index (χ0) is 29.2. The third-order valence-electron chi connectivity index (χ3n) is 6.49. The largest absolute Gasteiger partial charge is 0.445 e. The van der Waals surface area contributed by atoms with Crippen LogP contribution in [0.2, 0.25) is 0 Å². The number of aryl methyl sites for hydroxylation is 1. The van der Waals surface area contributed by atoms with Crippen LogP contribution in [-0.2, 0) is 43.5 Å². The molecule has 4 amide bonds. The Morgan fingerprint density at radius 2 is 1.55 bits per heavy atom. The maximum atomic E-state index is 13.3. The molecule has 214 valence electrons. The fourth-order valence-corrected chi connectivity index (χ4v) is 4.18. The number of Topliss-reactive ketones (excluding diaryl/α,β-unsaturated/α-hetero) is 1. The molecule has 0 saturated heterocycles. The average molecular weight is 553 g/mol. The zero-order valence-corrected chi connectivity index (χ0v) is 23.1. The summed E-state index contributed by atoms with van der Waals surface area (Å²) in [7, 11) is 0. The number of amides is 4. The maximum absolute atomic E-state index is 13.3. The van der Waals surface area contributed by atoms with Crippen molar-refractivity contribution < 1.29 is 28.7 Å². The van der Waals surface area contributed by atoms with Crippen LogP contribution in [0.15, 0.2) is 42.7 Å². The molecular formula is C28H36N6O6. The molecule has 3 atom stereocenters. The first-order valence-electron chi connectivity index (χ1n) is 13.3. The van der Waals surface area contributed by atoms with Crippen LogP contribution in [0, 0.1) is 11.8 Å². The van der Waals surface area contributed by atoms with E-state index in [4.69, 9.17) is 4.74 Å². The van der Waals surface area contributed by atoms with E-state index in [1.807, 2.05) is 30.3 Å². The number of fused-ring (bicyclic) bond motifs is 1. The first-order chi connectivity index (χ1) is 19.1. The van der Waals surface area contributed by atoms with Crippen molar-refractivity contribution in [1.82, 2.24) is 31.2 Å². The van der Waals surface area contributed by atoms with Crippen molar-refractivity contribution in [3.63, 3.8) is 0 Å². The van der Waals surface area contributed by atoms with Crippen molar-refractivity contribution in [2.24, 2.45) is 11.8 Å². The number of benzene rings is 1. The number of rotatable bonds is 9. The highest BCUT2D eigenvalue weighted by Gasteiger charge is 2.34. The van der Waals surface area contributed by atoms with E-state index in [1.165, 1.54) is 12.4 Å². The molecule has 3 unspecified atom stereocenters. The summed E-state index contributed by atoms with van der Waals surface area (Å²) in [5, 5.41) is 10.4. The van der Waals surface area contributed by atoms with E-state index < -0.39 is 47.7 Å². The lowest BCUT2D eigenvalue weighted by Gasteiger charge is -2.28. The first-order valence-corrected chi connectivity index (χ1v) is 13.3. The van der Waals surface area contributed by atoms with Gasteiger partial charge in [-0.3, -0.25) is 29.1 Å². The van der Waals surface area contributed by atoms with Crippen LogP contribution in [0.5, 0.6) is 0 Å². The highest BCUT2D eigenvalue weighted by Crippen LogP contribution is 2.12. The fourth-order valence-electron chi connectivity index (χ4n) is 4.18. The monoisotopic (exact) mass is 552 g/mol. The Hall–Kier alpha value is -4.35. The molecule has 0 spiro atoms. The third kappa shape index (κ3) is 8.32. The Labute approximate surface area is 233 Å². The molecule has 0 bridgehead atoms. The molecular weight excluding hydrogens is 516 g/mol. The number of aromatic nitrogens is 2. The molecule has 4 N–H and O–H groups in total. The molecule has 1 aromatic carbocycles. The van der Waals surface area contributed by atoms with Crippen LogP contribution >= 0.6 is 0 Å². The highest BCUT2D eigenvalue weighted by molar-refractivity contribution is 6.38. The molecule has 1 aromatic heterocycles. The van der Waals surface area contributed by atoms with E-state index in [0.717, 1.165) is 5.56 Å². The van der Waals surface area contributed by atoms with Crippen molar-refractivity contribution >= 4 is 29.6 Å². The molecule has 0 aliphatic carbocycles. The maximum Gasteiger partial charge on any atom is 0.408 e. The number of nitrogens with one attached hydrogen (secondary N) is 4. The average Bonchev–Trinajstić information content (AvgIpc) is 2.99.